The van der Waals surface area contributed by atoms with Crippen LogP contribution in [0.3, 0.4) is 0 Å². The third-order valence-corrected chi connectivity index (χ3v) is 1.84. The number of hydrogen-bond donors (Lipinski definition) is 0. The third kappa shape index (κ3) is 16.2. The first kappa shape index (κ1) is 19.5. The van der Waals surface area contributed by atoms with Gasteiger partial charge in [-0.2, -0.15) is 0 Å². The largest absolute Gasteiger partial charge is 0.462 e. The SMILES string of the molecule is C=C(C)C(=O)OCCCCC.C=CCOC(=O)C=C. The normalized spacial score (nSPS) is 8.53. The Hall–Kier alpha value is -1.84. The molecule has 0 spiro atoms. The molecule has 19 heavy (non-hydrogen) atoms. The van der Waals surface area contributed by atoms with Gasteiger partial charge in [0.2, 0.25) is 0 Å². The molecule has 0 aromatic carbocycles. The summed E-state index contributed by atoms with van der Waals surface area (Å²) in [5.41, 5.74) is 0.474. The number of ether oxygens (including phenoxy) is 2. The molecule has 0 aliphatic carbocycles. The molecule has 0 aliphatic rings. The van der Waals surface area contributed by atoms with Gasteiger partial charge >= 0.3 is 11.9 Å². The Bertz CT molecular complexity index is 305. The van der Waals surface area contributed by atoms with Crippen molar-refractivity contribution in [2.45, 2.75) is 33.1 Å². The second kappa shape index (κ2) is 14.2. The van der Waals surface area contributed by atoms with Crippen LogP contribution in [0.25, 0.3) is 0 Å². The molecule has 108 valence electrons. The van der Waals surface area contributed by atoms with Crippen LogP contribution in [0.5, 0.6) is 0 Å². The highest BCUT2D eigenvalue weighted by Gasteiger charge is 2.00. The van der Waals surface area contributed by atoms with E-state index in [0.29, 0.717) is 12.2 Å². The molecule has 0 N–H and O–H groups in total. The van der Waals surface area contributed by atoms with Gasteiger partial charge in [-0.3, -0.25) is 0 Å². The Balaban J connectivity index is 0. The summed E-state index contributed by atoms with van der Waals surface area (Å²) < 4.78 is 9.33. The molecule has 0 heterocycles. The lowest BCUT2D eigenvalue weighted by Crippen LogP contribution is -2.05. The molecule has 0 aromatic heterocycles. The molecular weight excluding hydrogens is 244 g/mol. The molecule has 0 atom stereocenters. The number of hydrogen-bond acceptors (Lipinski definition) is 4. The first-order valence-corrected chi connectivity index (χ1v) is 6.22. The van der Waals surface area contributed by atoms with Gasteiger partial charge in [0, 0.05) is 11.6 Å². The van der Waals surface area contributed by atoms with E-state index in [1.165, 1.54) is 6.08 Å². The van der Waals surface area contributed by atoms with E-state index in [2.05, 4.69) is 31.4 Å². The van der Waals surface area contributed by atoms with Crippen molar-refractivity contribution >= 4 is 11.9 Å². The monoisotopic (exact) mass is 268 g/mol. The van der Waals surface area contributed by atoms with Crippen LogP contribution >= 0.6 is 0 Å². The van der Waals surface area contributed by atoms with Gasteiger partial charge in [0.1, 0.15) is 6.61 Å². The maximum absolute atomic E-state index is 10.8. The summed E-state index contributed by atoms with van der Waals surface area (Å²) in [7, 11) is 0. The number of carbonyl (C=O) groups is 2. The van der Waals surface area contributed by atoms with E-state index in [1.54, 1.807) is 6.92 Å². The number of carbonyl (C=O) groups excluding carboxylic acids is 2. The van der Waals surface area contributed by atoms with E-state index in [1.807, 2.05) is 0 Å². The highest BCUT2D eigenvalue weighted by molar-refractivity contribution is 5.86. The van der Waals surface area contributed by atoms with E-state index in [4.69, 9.17) is 4.74 Å². The summed E-state index contributed by atoms with van der Waals surface area (Å²) in [5.74, 6) is -0.689. The van der Waals surface area contributed by atoms with Gasteiger partial charge in [-0.05, 0) is 13.3 Å². The predicted molar refractivity (Wildman–Crippen MR) is 76.7 cm³/mol. The number of esters is 2. The number of rotatable bonds is 8. The lowest BCUT2D eigenvalue weighted by molar-refractivity contribution is -0.139. The minimum Gasteiger partial charge on any atom is -0.462 e. The van der Waals surface area contributed by atoms with Crippen LogP contribution in [0.4, 0.5) is 0 Å². The fourth-order valence-electron chi connectivity index (χ4n) is 0.840. The van der Waals surface area contributed by atoms with Crippen molar-refractivity contribution in [2.24, 2.45) is 0 Å². The minimum absolute atomic E-state index is 0.255. The highest BCUT2D eigenvalue weighted by Crippen LogP contribution is 1.97. The zero-order valence-corrected chi connectivity index (χ0v) is 11.9. The van der Waals surface area contributed by atoms with Gasteiger partial charge in [-0.25, -0.2) is 9.59 Å². The fourth-order valence-corrected chi connectivity index (χ4v) is 0.840. The number of unbranched alkanes of at least 4 members (excludes halogenated alkanes) is 2. The maximum Gasteiger partial charge on any atom is 0.333 e. The Kier molecular flexibility index (Phi) is 14.6. The Morgan fingerprint density at radius 2 is 1.79 bits per heavy atom. The minimum atomic E-state index is -0.412. The van der Waals surface area contributed by atoms with E-state index in [0.717, 1.165) is 25.3 Å². The first-order valence-electron chi connectivity index (χ1n) is 6.22. The van der Waals surface area contributed by atoms with Crippen LogP contribution in [-0.2, 0) is 19.1 Å². The van der Waals surface area contributed by atoms with E-state index >= 15 is 0 Å². The molecule has 0 saturated heterocycles. The van der Waals surface area contributed by atoms with Gasteiger partial charge in [-0.15, -0.1) is 0 Å². The molecule has 0 aliphatic heterocycles. The molecule has 0 radical (unpaired) electrons. The Labute approximate surface area is 115 Å². The molecule has 4 heteroatoms. The van der Waals surface area contributed by atoms with E-state index in [9.17, 15) is 9.59 Å². The van der Waals surface area contributed by atoms with Crippen LogP contribution in [-0.4, -0.2) is 25.2 Å². The molecule has 0 rings (SSSR count). The first-order chi connectivity index (χ1) is 8.99. The average molecular weight is 268 g/mol. The van der Waals surface area contributed by atoms with Crippen LogP contribution in [0.15, 0.2) is 37.5 Å². The standard InChI is InChI=1S/C9H16O2.C6H8O2/c1-4-5-6-7-11-9(10)8(2)3;1-3-5-8-6(7)4-2/h2,4-7H2,1,3H3;3-4H,1-2,5H2. The maximum atomic E-state index is 10.8. The van der Waals surface area contributed by atoms with Crippen LogP contribution in [0, 0.1) is 0 Å². The Morgan fingerprint density at radius 1 is 1.16 bits per heavy atom. The summed E-state index contributed by atoms with van der Waals surface area (Å²) in [6, 6.07) is 0. The summed E-state index contributed by atoms with van der Waals surface area (Å²) in [5, 5.41) is 0. The van der Waals surface area contributed by atoms with Crippen LogP contribution < -0.4 is 0 Å². The lowest BCUT2D eigenvalue weighted by atomic mass is 10.3. The molecule has 4 nitrogen and oxygen atoms in total. The van der Waals surface area contributed by atoms with Crippen molar-refractivity contribution in [1.82, 2.24) is 0 Å². The van der Waals surface area contributed by atoms with Crippen LogP contribution in [0.1, 0.15) is 33.1 Å². The van der Waals surface area contributed by atoms with Gasteiger partial charge < -0.3 is 9.47 Å². The summed E-state index contributed by atoms with van der Waals surface area (Å²) >= 11 is 0. The summed E-state index contributed by atoms with van der Waals surface area (Å²) in [6.45, 7) is 14.6. The van der Waals surface area contributed by atoms with Crippen molar-refractivity contribution in [1.29, 1.82) is 0 Å². The lowest BCUT2D eigenvalue weighted by Gasteiger charge is -2.02. The molecule has 0 unspecified atom stereocenters. The molecule has 0 aromatic rings. The fraction of sp³-hybridized carbons (Fsp3) is 0.467. The van der Waals surface area contributed by atoms with Gasteiger partial charge in [0.15, 0.2) is 0 Å². The zero-order chi connectivity index (χ0) is 15.1. The van der Waals surface area contributed by atoms with Gasteiger partial charge in [-0.1, -0.05) is 45.6 Å². The van der Waals surface area contributed by atoms with Crippen molar-refractivity contribution in [2.75, 3.05) is 13.2 Å². The average Bonchev–Trinajstić information content (AvgIpc) is 2.41. The van der Waals surface area contributed by atoms with Crippen molar-refractivity contribution in [3.8, 4) is 0 Å². The highest BCUT2D eigenvalue weighted by atomic mass is 16.5. The van der Waals surface area contributed by atoms with Gasteiger partial charge in [0.25, 0.3) is 0 Å². The van der Waals surface area contributed by atoms with E-state index in [-0.39, 0.29) is 12.6 Å². The molecule has 0 amide bonds. The zero-order valence-electron chi connectivity index (χ0n) is 11.9. The van der Waals surface area contributed by atoms with Crippen LogP contribution in [0.2, 0.25) is 0 Å². The van der Waals surface area contributed by atoms with E-state index < -0.39 is 5.97 Å². The molecule has 0 bridgehead atoms. The van der Waals surface area contributed by atoms with Crippen molar-refractivity contribution < 1.29 is 19.1 Å². The summed E-state index contributed by atoms with van der Waals surface area (Å²) in [4.78, 5) is 21.0. The second-order valence-corrected chi connectivity index (χ2v) is 3.75. The Morgan fingerprint density at radius 3 is 2.21 bits per heavy atom. The van der Waals surface area contributed by atoms with Crippen molar-refractivity contribution in [3.63, 3.8) is 0 Å². The quantitative estimate of drug-likeness (QED) is 0.293. The predicted octanol–water partition coefficient (Wildman–Crippen LogP) is 3.20. The summed E-state index contributed by atoms with van der Waals surface area (Å²) in [6.07, 6.45) is 5.83. The van der Waals surface area contributed by atoms with Crippen molar-refractivity contribution in [3.05, 3.63) is 37.5 Å². The second-order valence-electron chi connectivity index (χ2n) is 3.75. The third-order valence-electron chi connectivity index (χ3n) is 1.84. The smallest absolute Gasteiger partial charge is 0.333 e. The van der Waals surface area contributed by atoms with Gasteiger partial charge in [0.05, 0.1) is 6.61 Å². The molecule has 0 fully saturated rings. The topological polar surface area (TPSA) is 52.6 Å². The molecule has 0 saturated carbocycles. The molecular formula is C15H24O4.